The van der Waals surface area contributed by atoms with E-state index in [1.165, 1.54) is 16.8 Å². The van der Waals surface area contributed by atoms with Gasteiger partial charge < -0.3 is 25.0 Å². The summed E-state index contributed by atoms with van der Waals surface area (Å²) in [6, 6.07) is 1.54. The number of rotatable bonds is 5. The van der Waals surface area contributed by atoms with Crippen LogP contribution in [0.4, 0.5) is 14.5 Å². The molecule has 0 aromatic heterocycles. The molecule has 1 saturated carbocycles. The Labute approximate surface area is 208 Å². The zero-order valence-electron chi connectivity index (χ0n) is 20.7. The zero-order valence-corrected chi connectivity index (χ0v) is 20.7. The molecule has 36 heavy (non-hydrogen) atoms. The molecule has 4 atom stereocenters. The normalized spacial score (nSPS) is 24.9. The highest BCUT2D eigenvalue weighted by Gasteiger charge is 2.57. The van der Waals surface area contributed by atoms with E-state index in [-0.39, 0.29) is 30.3 Å². The summed E-state index contributed by atoms with van der Waals surface area (Å²) in [6.45, 7) is 4.79. The van der Waals surface area contributed by atoms with E-state index >= 15 is 0 Å². The van der Waals surface area contributed by atoms with Crippen molar-refractivity contribution in [3.8, 4) is 11.8 Å². The molecule has 1 unspecified atom stereocenters. The summed E-state index contributed by atoms with van der Waals surface area (Å²) in [5, 5.41) is 22.7. The van der Waals surface area contributed by atoms with Crippen molar-refractivity contribution in [2.45, 2.75) is 70.2 Å². The van der Waals surface area contributed by atoms with E-state index in [0.717, 1.165) is 18.9 Å². The molecule has 3 amide bonds. The van der Waals surface area contributed by atoms with Gasteiger partial charge in [-0.1, -0.05) is 33.6 Å². The molecule has 0 bridgehead atoms. The molecule has 1 aromatic carbocycles. The molecule has 1 aromatic rings. The number of carbonyl (C=O) groups excluding carboxylic acids is 3. The Balaban J connectivity index is 1.62. The predicted molar refractivity (Wildman–Crippen MR) is 123 cm³/mol. The maximum absolute atomic E-state index is 14.2. The number of nitrogens with one attached hydrogen (secondary N) is 1. The molecule has 2 N–H and O–H groups in total. The van der Waals surface area contributed by atoms with Crippen molar-refractivity contribution >= 4 is 23.4 Å². The Morgan fingerprint density at radius 3 is 2.61 bits per heavy atom. The molecule has 0 radical (unpaired) electrons. The van der Waals surface area contributed by atoms with Gasteiger partial charge in [0.2, 0.25) is 11.5 Å². The van der Waals surface area contributed by atoms with Crippen molar-refractivity contribution in [2.75, 3.05) is 18.9 Å². The van der Waals surface area contributed by atoms with Gasteiger partial charge in [-0.15, -0.1) is 0 Å². The maximum Gasteiger partial charge on any atom is 0.270 e. The third-order valence-corrected chi connectivity index (χ3v) is 7.14. The Kier molecular flexibility index (Phi) is 6.45. The van der Waals surface area contributed by atoms with Crippen LogP contribution in [0, 0.1) is 34.3 Å². The van der Waals surface area contributed by atoms with Gasteiger partial charge in [0.1, 0.15) is 29.7 Å². The van der Waals surface area contributed by atoms with Crippen LogP contribution in [0.15, 0.2) is 12.1 Å². The van der Waals surface area contributed by atoms with Crippen LogP contribution in [0.25, 0.3) is 0 Å². The van der Waals surface area contributed by atoms with Crippen LogP contribution in [0.3, 0.4) is 0 Å². The first kappa shape index (κ1) is 25.8. The number of nitrogens with zero attached hydrogens (tertiary/aromatic N) is 3. The fourth-order valence-corrected chi connectivity index (χ4v) is 4.70. The van der Waals surface area contributed by atoms with Gasteiger partial charge in [-0.05, 0) is 17.8 Å². The zero-order chi connectivity index (χ0) is 26.6. The summed E-state index contributed by atoms with van der Waals surface area (Å²) in [5.41, 5.74) is -2.78. The Morgan fingerprint density at radius 2 is 2.03 bits per heavy atom. The number of anilines is 1. The summed E-state index contributed by atoms with van der Waals surface area (Å²) >= 11 is 0. The second-order valence-corrected chi connectivity index (χ2v) is 11.0. The van der Waals surface area contributed by atoms with E-state index < -0.39 is 58.6 Å². The number of carbonyl (C=O) groups is 3. The van der Waals surface area contributed by atoms with E-state index in [4.69, 9.17) is 4.74 Å². The number of hydrogen-bond acceptors (Lipinski definition) is 6. The predicted octanol–water partition coefficient (Wildman–Crippen LogP) is 2.19. The van der Waals surface area contributed by atoms with Crippen molar-refractivity contribution in [2.24, 2.45) is 11.3 Å². The second kappa shape index (κ2) is 9.00. The van der Waals surface area contributed by atoms with Gasteiger partial charge in [0, 0.05) is 25.6 Å². The molecular formula is C25H30F2N4O5. The molecule has 2 fully saturated rings. The van der Waals surface area contributed by atoms with Crippen molar-refractivity contribution in [1.29, 1.82) is 5.26 Å². The number of ether oxygens (including phenoxy) is 1. The van der Waals surface area contributed by atoms with Gasteiger partial charge in [-0.25, -0.2) is 8.78 Å². The molecule has 4 rings (SSSR count). The lowest BCUT2D eigenvalue weighted by atomic mass is 9.88. The minimum Gasteiger partial charge on any atom is -0.473 e. The van der Waals surface area contributed by atoms with Crippen molar-refractivity contribution in [3.63, 3.8) is 0 Å². The summed E-state index contributed by atoms with van der Waals surface area (Å²) < 4.78 is 33.8. The number of fused-ring (bicyclic) bond motifs is 1. The standard InChI is InChI=1S/C25H30F2N4O5/c1-24(2,3)20(32)22(34)30(4)17(7-13-5-6-13)21(33)31-12-25(10-15(31)11-28)23(35)29-19-16(27)8-14(26)9-18(19)36-25/h8-9,13,15,17,20,32H,5-7,10,12H2,1-4H3,(H,29,35)/t15-,17-,20?,25+/m0/s1. The van der Waals surface area contributed by atoms with Crippen LogP contribution in [0.2, 0.25) is 0 Å². The van der Waals surface area contributed by atoms with Crippen LogP contribution in [0.1, 0.15) is 46.5 Å². The van der Waals surface area contributed by atoms with E-state index in [1.807, 2.05) is 6.07 Å². The number of halogens is 2. The van der Waals surface area contributed by atoms with E-state index in [9.17, 15) is 33.5 Å². The van der Waals surface area contributed by atoms with Crippen molar-refractivity contribution in [3.05, 3.63) is 23.8 Å². The highest BCUT2D eigenvalue weighted by Crippen LogP contribution is 2.43. The number of amides is 3. The van der Waals surface area contributed by atoms with Crippen molar-refractivity contribution in [1.82, 2.24) is 9.80 Å². The molecule has 2 heterocycles. The lowest BCUT2D eigenvalue weighted by molar-refractivity contribution is -0.154. The van der Waals surface area contributed by atoms with Gasteiger partial charge in [-0.3, -0.25) is 14.4 Å². The first-order valence-corrected chi connectivity index (χ1v) is 11.9. The van der Waals surface area contributed by atoms with Crippen LogP contribution in [-0.4, -0.2) is 70.0 Å². The number of aliphatic hydroxyl groups is 1. The van der Waals surface area contributed by atoms with Crippen LogP contribution < -0.4 is 10.1 Å². The van der Waals surface area contributed by atoms with Gasteiger partial charge in [0.15, 0.2) is 11.6 Å². The molecule has 2 aliphatic heterocycles. The first-order valence-electron chi connectivity index (χ1n) is 11.9. The highest BCUT2D eigenvalue weighted by molar-refractivity contribution is 6.02. The molecule has 9 nitrogen and oxygen atoms in total. The molecule has 1 spiro atoms. The molecule has 11 heteroatoms. The summed E-state index contributed by atoms with van der Waals surface area (Å²) in [5.74, 6) is -3.81. The quantitative estimate of drug-likeness (QED) is 0.634. The Hall–Kier alpha value is -3.26. The molecular weight excluding hydrogens is 474 g/mol. The Morgan fingerprint density at radius 1 is 1.36 bits per heavy atom. The minimum absolute atomic E-state index is 0.211. The van der Waals surface area contributed by atoms with Gasteiger partial charge in [0.25, 0.3) is 11.8 Å². The monoisotopic (exact) mass is 504 g/mol. The number of benzene rings is 1. The lowest BCUT2D eigenvalue weighted by Gasteiger charge is -2.36. The summed E-state index contributed by atoms with van der Waals surface area (Å²) in [4.78, 5) is 42.2. The smallest absolute Gasteiger partial charge is 0.270 e. The highest BCUT2D eigenvalue weighted by atomic mass is 19.1. The van der Waals surface area contributed by atoms with E-state index in [0.29, 0.717) is 12.5 Å². The number of nitriles is 1. The second-order valence-electron chi connectivity index (χ2n) is 11.0. The number of likely N-dealkylation sites (tertiary alicyclic amines) is 1. The van der Waals surface area contributed by atoms with E-state index in [2.05, 4.69) is 5.32 Å². The van der Waals surface area contributed by atoms with Gasteiger partial charge in [0.05, 0.1) is 12.6 Å². The molecule has 194 valence electrons. The summed E-state index contributed by atoms with van der Waals surface area (Å²) in [7, 11) is 1.45. The third-order valence-electron chi connectivity index (χ3n) is 7.14. The number of likely N-dealkylation sites (N-methyl/N-ethyl adjacent to an activating group) is 1. The fraction of sp³-hybridized carbons (Fsp3) is 0.600. The third kappa shape index (κ3) is 4.62. The van der Waals surface area contributed by atoms with E-state index in [1.54, 1.807) is 20.8 Å². The Bertz CT molecular complexity index is 1140. The number of hydrogen-bond donors (Lipinski definition) is 2. The molecule has 3 aliphatic rings. The fourth-order valence-electron chi connectivity index (χ4n) is 4.70. The van der Waals surface area contributed by atoms with Crippen LogP contribution in [-0.2, 0) is 14.4 Å². The largest absolute Gasteiger partial charge is 0.473 e. The first-order chi connectivity index (χ1) is 16.8. The van der Waals surface area contributed by atoms with Crippen LogP contribution in [0.5, 0.6) is 5.75 Å². The maximum atomic E-state index is 14.2. The summed E-state index contributed by atoms with van der Waals surface area (Å²) in [6.07, 6.45) is 0.600. The minimum atomic E-state index is -1.72. The average molecular weight is 505 g/mol. The van der Waals surface area contributed by atoms with Gasteiger partial charge >= 0.3 is 0 Å². The average Bonchev–Trinajstić information content (AvgIpc) is 3.55. The lowest BCUT2D eigenvalue weighted by Crippen LogP contribution is -2.56. The molecule has 1 aliphatic carbocycles. The SMILES string of the molecule is CN(C(=O)C(O)C(C)(C)C)[C@@H](CC1CC1)C(=O)N1C[C@@]2(C[C@H]1C#N)Oc1cc(F)cc(F)c1NC2=O. The van der Waals surface area contributed by atoms with Gasteiger partial charge in [-0.2, -0.15) is 5.26 Å². The topological polar surface area (TPSA) is 123 Å². The van der Waals surface area contributed by atoms with Crippen LogP contribution >= 0.6 is 0 Å². The molecule has 1 saturated heterocycles. The number of aliphatic hydroxyl groups excluding tert-OH is 1. The van der Waals surface area contributed by atoms with Crippen molar-refractivity contribution < 1.29 is 33.0 Å².